The van der Waals surface area contributed by atoms with Gasteiger partial charge in [0.15, 0.2) is 0 Å². The van der Waals surface area contributed by atoms with Crippen LogP contribution in [0.25, 0.3) is 5.76 Å². The molecule has 11 heavy (non-hydrogen) atoms. The van der Waals surface area contributed by atoms with Gasteiger partial charge in [0.1, 0.15) is 5.76 Å². The third-order valence-electron chi connectivity index (χ3n) is 1.46. The molecule has 58 valence electrons. The second-order valence-electron chi connectivity index (χ2n) is 2.25. The minimum atomic E-state index is 0.636. The van der Waals surface area contributed by atoms with Crippen LogP contribution in [-0.4, -0.2) is 7.11 Å². The lowest BCUT2D eigenvalue weighted by Gasteiger charge is -2.03. The molecule has 0 saturated heterocycles. The Bertz CT molecular complexity index is 268. The molecule has 0 aliphatic rings. The molecule has 0 radical (unpaired) electrons. The fourth-order valence-electron chi connectivity index (χ4n) is 0.830. The maximum atomic E-state index is 5.55. The van der Waals surface area contributed by atoms with E-state index in [1.807, 2.05) is 24.3 Å². The van der Waals surface area contributed by atoms with Crippen LogP contribution in [0.1, 0.15) is 5.56 Å². The molecule has 0 aliphatic heterocycles. The third-order valence-corrected chi connectivity index (χ3v) is 1.46. The second-order valence-corrected chi connectivity index (χ2v) is 2.25. The van der Waals surface area contributed by atoms with Crippen LogP contribution in [0, 0.1) is 0 Å². The van der Waals surface area contributed by atoms with E-state index in [9.17, 15) is 0 Å². The van der Waals surface area contributed by atoms with Gasteiger partial charge in [0.05, 0.1) is 7.11 Å². The number of benzene rings is 1. The minimum absolute atomic E-state index is 0.636. The van der Waals surface area contributed by atoms with Crippen LogP contribution in [0.2, 0.25) is 0 Å². The maximum Gasteiger partial charge on any atom is 0.118 e. The SMILES string of the molecule is C=C(OC)c1cccc(N)c1. The number of rotatable bonds is 2. The summed E-state index contributed by atoms with van der Waals surface area (Å²) in [6, 6.07) is 7.43. The summed E-state index contributed by atoms with van der Waals surface area (Å²) in [5.41, 5.74) is 7.20. The Balaban J connectivity index is 2.96. The van der Waals surface area contributed by atoms with Gasteiger partial charge < -0.3 is 10.5 Å². The Hall–Kier alpha value is -1.44. The number of nitrogen functional groups attached to an aromatic ring is 1. The Morgan fingerprint density at radius 2 is 2.27 bits per heavy atom. The summed E-state index contributed by atoms with van der Waals surface area (Å²) in [6.45, 7) is 3.71. The lowest BCUT2D eigenvalue weighted by atomic mass is 10.2. The predicted octanol–water partition coefficient (Wildman–Crippen LogP) is 1.89. The van der Waals surface area contributed by atoms with E-state index in [0.29, 0.717) is 5.76 Å². The highest BCUT2D eigenvalue weighted by molar-refractivity contribution is 5.61. The van der Waals surface area contributed by atoms with Crippen molar-refractivity contribution in [3.8, 4) is 0 Å². The van der Waals surface area contributed by atoms with Gasteiger partial charge in [0.2, 0.25) is 0 Å². The summed E-state index contributed by atoms with van der Waals surface area (Å²) in [6.07, 6.45) is 0. The molecule has 1 aromatic carbocycles. The van der Waals surface area contributed by atoms with Gasteiger partial charge in [-0.25, -0.2) is 0 Å². The first-order chi connectivity index (χ1) is 5.24. The first kappa shape index (κ1) is 7.66. The van der Waals surface area contributed by atoms with Crippen molar-refractivity contribution in [1.82, 2.24) is 0 Å². The van der Waals surface area contributed by atoms with Gasteiger partial charge in [-0.2, -0.15) is 0 Å². The van der Waals surface area contributed by atoms with Crippen molar-refractivity contribution in [2.24, 2.45) is 0 Å². The van der Waals surface area contributed by atoms with E-state index in [2.05, 4.69) is 6.58 Å². The molecular weight excluding hydrogens is 138 g/mol. The zero-order chi connectivity index (χ0) is 8.27. The van der Waals surface area contributed by atoms with E-state index in [1.165, 1.54) is 0 Å². The van der Waals surface area contributed by atoms with Gasteiger partial charge in [-0.05, 0) is 12.1 Å². The number of ether oxygens (including phenoxy) is 1. The van der Waals surface area contributed by atoms with Crippen molar-refractivity contribution in [2.75, 3.05) is 12.8 Å². The van der Waals surface area contributed by atoms with Gasteiger partial charge >= 0.3 is 0 Å². The van der Waals surface area contributed by atoms with Crippen molar-refractivity contribution in [3.63, 3.8) is 0 Å². The van der Waals surface area contributed by atoms with Crippen molar-refractivity contribution in [3.05, 3.63) is 36.4 Å². The molecule has 0 aromatic heterocycles. The van der Waals surface area contributed by atoms with Crippen LogP contribution in [-0.2, 0) is 4.74 Å². The van der Waals surface area contributed by atoms with Crippen LogP contribution < -0.4 is 5.73 Å². The Morgan fingerprint density at radius 3 is 2.82 bits per heavy atom. The topological polar surface area (TPSA) is 35.2 Å². The first-order valence-corrected chi connectivity index (χ1v) is 3.33. The minimum Gasteiger partial charge on any atom is -0.497 e. The summed E-state index contributed by atoms with van der Waals surface area (Å²) in [7, 11) is 1.59. The van der Waals surface area contributed by atoms with Crippen LogP contribution in [0.4, 0.5) is 5.69 Å². The van der Waals surface area contributed by atoms with Gasteiger partial charge in [-0.3, -0.25) is 0 Å². The molecule has 2 N–H and O–H groups in total. The molecule has 0 saturated carbocycles. The summed E-state index contributed by atoms with van der Waals surface area (Å²) in [5, 5.41) is 0. The van der Waals surface area contributed by atoms with E-state index in [-0.39, 0.29) is 0 Å². The zero-order valence-electron chi connectivity index (χ0n) is 6.50. The fraction of sp³-hybridized carbons (Fsp3) is 0.111. The van der Waals surface area contributed by atoms with Gasteiger partial charge in [0.25, 0.3) is 0 Å². The lowest BCUT2D eigenvalue weighted by molar-refractivity contribution is 0.371. The molecule has 0 bridgehead atoms. The summed E-state index contributed by atoms with van der Waals surface area (Å²) in [5.74, 6) is 0.636. The average molecular weight is 149 g/mol. The van der Waals surface area contributed by atoms with E-state index in [1.54, 1.807) is 7.11 Å². The fourth-order valence-corrected chi connectivity index (χ4v) is 0.830. The molecule has 1 rings (SSSR count). The first-order valence-electron chi connectivity index (χ1n) is 3.33. The van der Waals surface area contributed by atoms with Crippen molar-refractivity contribution in [2.45, 2.75) is 0 Å². The smallest absolute Gasteiger partial charge is 0.118 e. The van der Waals surface area contributed by atoms with E-state index >= 15 is 0 Å². The largest absolute Gasteiger partial charge is 0.497 e. The molecule has 0 spiro atoms. The van der Waals surface area contributed by atoms with Crippen LogP contribution in [0.5, 0.6) is 0 Å². The molecular formula is C9H11NO. The van der Waals surface area contributed by atoms with Crippen LogP contribution in [0.15, 0.2) is 30.8 Å². The highest BCUT2D eigenvalue weighted by atomic mass is 16.5. The monoisotopic (exact) mass is 149 g/mol. The molecule has 0 heterocycles. The lowest BCUT2D eigenvalue weighted by Crippen LogP contribution is -1.88. The van der Waals surface area contributed by atoms with Gasteiger partial charge in [-0.15, -0.1) is 0 Å². The number of anilines is 1. The molecule has 0 aliphatic carbocycles. The Morgan fingerprint density at radius 1 is 1.55 bits per heavy atom. The summed E-state index contributed by atoms with van der Waals surface area (Å²) < 4.78 is 4.94. The number of hydrogen-bond donors (Lipinski definition) is 1. The van der Waals surface area contributed by atoms with E-state index in [0.717, 1.165) is 11.3 Å². The quantitative estimate of drug-likeness (QED) is 0.514. The highest BCUT2D eigenvalue weighted by Gasteiger charge is 1.96. The van der Waals surface area contributed by atoms with Crippen molar-refractivity contribution >= 4 is 11.4 Å². The second kappa shape index (κ2) is 3.10. The van der Waals surface area contributed by atoms with E-state index < -0.39 is 0 Å². The van der Waals surface area contributed by atoms with E-state index in [4.69, 9.17) is 10.5 Å². The average Bonchev–Trinajstić information content (AvgIpc) is 2.03. The number of nitrogens with two attached hydrogens (primary N) is 1. The number of hydrogen-bond acceptors (Lipinski definition) is 2. The molecule has 0 unspecified atom stereocenters. The summed E-state index contributed by atoms with van der Waals surface area (Å²) in [4.78, 5) is 0. The summed E-state index contributed by atoms with van der Waals surface area (Å²) >= 11 is 0. The standard InChI is InChI=1S/C9H11NO/c1-7(11-2)8-4-3-5-9(10)6-8/h3-6H,1,10H2,2H3. The molecule has 1 aromatic rings. The molecule has 0 fully saturated rings. The van der Waals surface area contributed by atoms with Crippen molar-refractivity contribution in [1.29, 1.82) is 0 Å². The van der Waals surface area contributed by atoms with Gasteiger partial charge in [0, 0.05) is 11.3 Å². The van der Waals surface area contributed by atoms with Crippen molar-refractivity contribution < 1.29 is 4.74 Å². The molecule has 2 heteroatoms. The normalized spacial score (nSPS) is 9.18. The predicted molar refractivity (Wildman–Crippen MR) is 46.9 cm³/mol. The maximum absolute atomic E-state index is 5.55. The van der Waals surface area contributed by atoms with Crippen LogP contribution >= 0.6 is 0 Å². The number of methoxy groups -OCH3 is 1. The molecule has 2 nitrogen and oxygen atoms in total. The Labute approximate surface area is 66.3 Å². The van der Waals surface area contributed by atoms with Crippen LogP contribution in [0.3, 0.4) is 0 Å². The highest BCUT2D eigenvalue weighted by Crippen LogP contribution is 2.14. The molecule has 0 amide bonds. The molecule has 0 atom stereocenters. The third kappa shape index (κ3) is 1.74. The van der Waals surface area contributed by atoms with Gasteiger partial charge in [-0.1, -0.05) is 18.7 Å². The zero-order valence-corrected chi connectivity index (χ0v) is 6.50. The Kier molecular flexibility index (Phi) is 2.16.